The van der Waals surface area contributed by atoms with Crippen molar-refractivity contribution in [2.75, 3.05) is 13.1 Å². The molecule has 1 aromatic heterocycles. The molecular weight excluding hydrogens is 324 g/mol. The van der Waals surface area contributed by atoms with E-state index < -0.39 is 5.60 Å². The number of carbonyl (C=O) groups is 1. The SMILES string of the molecule is O=C1C2=Cc3cnccc3CC2C[N+]12CC13CC4C[C@@H](C[C@](O)(C4)C1)[C@H]32. The number of quaternary nitrogens is 1. The summed E-state index contributed by atoms with van der Waals surface area (Å²) in [6.45, 7) is 1.99. The highest BCUT2D eigenvalue weighted by molar-refractivity contribution is 5.97. The predicted octanol–water partition coefficient (Wildman–Crippen LogP) is 2.32. The monoisotopic (exact) mass is 349 g/mol. The number of amides is 1. The van der Waals surface area contributed by atoms with Gasteiger partial charge in [-0.1, -0.05) is 0 Å². The number of carbonyl (C=O) groups excluding carboxylic acids is 1. The Morgan fingerprint density at radius 1 is 1.27 bits per heavy atom. The lowest BCUT2D eigenvalue weighted by atomic mass is 9.41. The van der Waals surface area contributed by atoms with E-state index in [2.05, 4.69) is 17.1 Å². The summed E-state index contributed by atoms with van der Waals surface area (Å²) in [6, 6.07) is 2.60. The first kappa shape index (κ1) is 14.5. The standard InChI is InChI=1S/C22H25N2O2/c25-20-18-5-16-9-23-2-1-14(16)4-17(18)10-24(20)12-21-6-13-3-15(19(21)24)8-22(26,7-13)11-21/h1-2,5,9,13,15,17,19,26H,3-4,6-8,10-12H2/q+1/t13?,15-,17?,19+,21?,22+,24?/m0/s1. The zero-order chi connectivity index (χ0) is 17.3. The van der Waals surface area contributed by atoms with Crippen LogP contribution in [-0.2, 0) is 11.2 Å². The maximum atomic E-state index is 13.6. The number of rotatable bonds is 0. The van der Waals surface area contributed by atoms with Crippen LogP contribution >= 0.6 is 0 Å². The molecule has 0 radical (unpaired) electrons. The fourth-order valence-electron chi connectivity index (χ4n) is 8.88. The molecule has 7 aliphatic rings. The Hall–Kier alpha value is -1.52. The third-order valence-corrected chi connectivity index (χ3v) is 8.89. The Balaban J connectivity index is 1.30. The lowest BCUT2D eigenvalue weighted by Gasteiger charge is -2.73. The zero-order valence-electron chi connectivity index (χ0n) is 15.0. The molecule has 8 rings (SSSR count). The molecule has 2 spiro atoms. The molecule has 26 heavy (non-hydrogen) atoms. The second-order valence-electron chi connectivity index (χ2n) is 10.4. The summed E-state index contributed by atoms with van der Waals surface area (Å²) in [5, 5.41) is 11.0. The summed E-state index contributed by atoms with van der Waals surface area (Å²) < 4.78 is 0.714. The number of hydrogen-bond donors (Lipinski definition) is 1. The third kappa shape index (κ3) is 1.49. The van der Waals surface area contributed by atoms with Gasteiger partial charge in [-0.05, 0) is 67.7 Å². The number of pyridine rings is 1. The Kier molecular flexibility index (Phi) is 2.32. The quantitative estimate of drug-likeness (QED) is 0.732. The van der Waals surface area contributed by atoms with Crippen LogP contribution in [0.2, 0.25) is 0 Å². The van der Waals surface area contributed by atoms with Crippen molar-refractivity contribution in [1.29, 1.82) is 0 Å². The van der Waals surface area contributed by atoms with Crippen LogP contribution in [-0.4, -0.2) is 45.2 Å². The summed E-state index contributed by atoms with van der Waals surface area (Å²) in [5.74, 6) is 2.05. The van der Waals surface area contributed by atoms with Gasteiger partial charge < -0.3 is 5.11 Å². The molecule has 1 aromatic rings. The molecule has 4 heteroatoms. The molecule has 0 aromatic carbocycles. The summed E-state index contributed by atoms with van der Waals surface area (Å²) in [6.07, 6.45) is 12.3. The summed E-state index contributed by atoms with van der Waals surface area (Å²) in [7, 11) is 0. The van der Waals surface area contributed by atoms with Gasteiger partial charge in [-0.25, -0.2) is 4.79 Å². The average molecular weight is 349 g/mol. The number of aliphatic hydroxyl groups is 1. The van der Waals surface area contributed by atoms with Crippen LogP contribution in [0.25, 0.3) is 6.08 Å². The molecule has 1 amide bonds. The predicted molar refractivity (Wildman–Crippen MR) is 95.6 cm³/mol. The highest BCUT2D eigenvalue weighted by Gasteiger charge is 2.79. The van der Waals surface area contributed by atoms with Gasteiger partial charge in [-0.15, -0.1) is 0 Å². The van der Waals surface area contributed by atoms with Crippen molar-refractivity contribution in [2.45, 2.75) is 50.2 Å². The van der Waals surface area contributed by atoms with Crippen molar-refractivity contribution < 1.29 is 14.4 Å². The molecule has 3 heterocycles. The van der Waals surface area contributed by atoms with Crippen LogP contribution in [0.4, 0.5) is 0 Å². The molecular formula is C22H25N2O2+. The fourth-order valence-corrected chi connectivity index (χ4v) is 8.88. The van der Waals surface area contributed by atoms with E-state index in [9.17, 15) is 9.90 Å². The molecule has 4 nitrogen and oxygen atoms in total. The number of nitrogens with zero attached hydrogens (tertiary/aromatic N) is 2. The molecule has 6 fully saturated rings. The first-order valence-corrected chi connectivity index (χ1v) is 10.3. The lowest BCUT2D eigenvalue weighted by molar-refractivity contribution is -0.950. The van der Waals surface area contributed by atoms with Crippen molar-refractivity contribution in [1.82, 2.24) is 4.98 Å². The third-order valence-electron chi connectivity index (χ3n) is 8.89. The van der Waals surface area contributed by atoms with Crippen LogP contribution in [0, 0.1) is 23.2 Å². The van der Waals surface area contributed by atoms with E-state index in [-0.39, 0.29) is 5.41 Å². The van der Waals surface area contributed by atoms with Gasteiger partial charge >= 0.3 is 5.91 Å². The minimum atomic E-state index is -0.413. The average Bonchev–Trinajstić information content (AvgIpc) is 2.83. The summed E-state index contributed by atoms with van der Waals surface area (Å²) in [4.78, 5) is 17.9. The van der Waals surface area contributed by atoms with Crippen molar-refractivity contribution in [3.8, 4) is 0 Å². The Morgan fingerprint density at radius 2 is 2.19 bits per heavy atom. The highest BCUT2D eigenvalue weighted by atomic mass is 16.3. The molecule has 7 atom stereocenters. The molecule has 2 saturated heterocycles. The molecule has 4 unspecified atom stereocenters. The fraction of sp³-hybridized carbons (Fsp3) is 0.636. The molecule has 2 aliphatic heterocycles. The van der Waals surface area contributed by atoms with Crippen LogP contribution in [0.1, 0.15) is 43.2 Å². The number of aromatic nitrogens is 1. The highest BCUT2D eigenvalue weighted by Crippen LogP contribution is 2.70. The summed E-state index contributed by atoms with van der Waals surface area (Å²) >= 11 is 0. The largest absolute Gasteiger partial charge is 0.390 e. The van der Waals surface area contributed by atoms with Crippen molar-refractivity contribution in [3.05, 3.63) is 35.2 Å². The number of hydrogen-bond acceptors (Lipinski definition) is 3. The van der Waals surface area contributed by atoms with E-state index in [4.69, 9.17) is 0 Å². The smallest absolute Gasteiger partial charge is 0.342 e. The maximum absolute atomic E-state index is 13.6. The van der Waals surface area contributed by atoms with Crippen molar-refractivity contribution in [2.24, 2.45) is 23.2 Å². The second-order valence-corrected chi connectivity index (χ2v) is 10.4. The molecule has 4 bridgehead atoms. The summed E-state index contributed by atoms with van der Waals surface area (Å²) in [5.41, 5.74) is 3.39. The first-order chi connectivity index (χ1) is 12.5. The van der Waals surface area contributed by atoms with Crippen LogP contribution in [0.15, 0.2) is 24.0 Å². The normalized spacial score (nSPS) is 52.3. The van der Waals surface area contributed by atoms with Crippen molar-refractivity contribution >= 4 is 12.0 Å². The second kappa shape index (κ2) is 4.15. The van der Waals surface area contributed by atoms with Crippen LogP contribution < -0.4 is 0 Å². The zero-order valence-corrected chi connectivity index (χ0v) is 15.0. The first-order valence-electron chi connectivity index (χ1n) is 10.3. The lowest BCUT2D eigenvalue weighted by Crippen LogP contribution is -2.85. The molecule has 4 saturated carbocycles. The van der Waals surface area contributed by atoms with Gasteiger partial charge in [0.25, 0.3) is 0 Å². The van der Waals surface area contributed by atoms with E-state index in [1.165, 1.54) is 18.4 Å². The Labute approximate surface area is 153 Å². The van der Waals surface area contributed by atoms with Gasteiger partial charge in [0.05, 0.1) is 29.7 Å². The van der Waals surface area contributed by atoms with Gasteiger partial charge in [0.2, 0.25) is 0 Å². The van der Waals surface area contributed by atoms with E-state index in [0.717, 1.165) is 49.9 Å². The van der Waals surface area contributed by atoms with Crippen molar-refractivity contribution in [3.63, 3.8) is 0 Å². The van der Waals surface area contributed by atoms with E-state index in [1.807, 2.05) is 12.4 Å². The minimum Gasteiger partial charge on any atom is -0.390 e. The van der Waals surface area contributed by atoms with Gasteiger partial charge in [0.1, 0.15) is 6.04 Å². The van der Waals surface area contributed by atoms with Gasteiger partial charge in [0, 0.05) is 24.2 Å². The van der Waals surface area contributed by atoms with E-state index in [1.54, 1.807) is 0 Å². The van der Waals surface area contributed by atoms with Gasteiger partial charge in [-0.3, -0.25) is 9.47 Å². The molecule has 1 N–H and O–H groups in total. The van der Waals surface area contributed by atoms with E-state index in [0.29, 0.717) is 34.2 Å². The van der Waals surface area contributed by atoms with Crippen LogP contribution in [0.3, 0.4) is 0 Å². The van der Waals surface area contributed by atoms with E-state index >= 15 is 0 Å². The Bertz CT molecular complexity index is 909. The minimum absolute atomic E-state index is 0.261. The molecule has 134 valence electrons. The topological polar surface area (TPSA) is 50.2 Å². The Morgan fingerprint density at radius 3 is 3.04 bits per heavy atom. The molecule has 5 aliphatic carbocycles. The van der Waals surface area contributed by atoms with Gasteiger partial charge in [-0.2, -0.15) is 0 Å². The van der Waals surface area contributed by atoms with Gasteiger partial charge in [0.15, 0.2) is 0 Å². The maximum Gasteiger partial charge on any atom is 0.342 e. The number of fused-ring (bicyclic) bond motifs is 2. The van der Waals surface area contributed by atoms with Crippen LogP contribution in [0.5, 0.6) is 0 Å².